The molecule has 1 amide bonds. The van der Waals surface area contributed by atoms with Crippen LogP contribution in [0.2, 0.25) is 0 Å². The first-order valence-electron chi connectivity index (χ1n) is 15.2. The average molecular weight is 531 g/mol. The van der Waals surface area contributed by atoms with Gasteiger partial charge in [0.15, 0.2) is 0 Å². The van der Waals surface area contributed by atoms with Crippen LogP contribution in [0.5, 0.6) is 5.75 Å². The standard InChI is InChI=1S/C35H50N2O2/c1-5-6-7-8-9-10-11-12-13-14-24-39-34-20-18-31(19-21-34)27-37(30(3)38)33-17-15-16-32(25-33)26-35(4)28-36-23-22-29(35)2/h15-23,25H,5-14,24,26-28H2,1-4H3. The summed E-state index contributed by atoms with van der Waals surface area (Å²) in [4.78, 5) is 19.0. The van der Waals surface area contributed by atoms with Gasteiger partial charge in [0.2, 0.25) is 5.91 Å². The maximum Gasteiger partial charge on any atom is 0.224 e. The molecule has 212 valence electrons. The van der Waals surface area contributed by atoms with Gasteiger partial charge in [-0.25, -0.2) is 0 Å². The van der Waals surface area contributed by atoms with Crippen molar-refractivity contribution in [1.82, 2.24) is 0 Å². The van der Waals surface area contributed by atoms with Gasteiger partial charge in [-0.3, -0.25) is 9.79 Å². The van der Waals surface area contributed by atoms with Crippen molar-refractivity contribution in [2.75, 3.05) is 18.1 Å². The van der Waals surface area contributed by atoms with Gasteiger partial charge in [0.05, 0.1) is 13.2 Å². The molecule has 0 saturated carbocycles. The largest absolute Gasteiger partial charge is 0.494 e. The summed E-state index contributed by atoms with van der Waals surface area (Å²) >= 11 is 0. The fourth-order valence-electron chi connectivity index (χ4n) is 5.26. The Morgan fingerprint density at radius 1 is 0.923 bits per heavy atom. The monoisotopic (exact) mass is 530 g/mol. The topological polar surface area (TPSA) is 41.9 Å². The number of amides is 1. The number of rotatable bonds is 17. The van der Waals surface area contributed by atoms with Gasteiger partial charge in [0, 0.05) is 30.8 Å². The van der Waals surface area contributed by atoms with Gasteiger partial charge in [-0.1, -0.05) is 101 Å². The van der Waals surface area contributed by atoms with Crippen molar-refractivity contribution in [1.29, 1.82) is 0 Å². The number of aliphatic imine (C=N–C) groups is 1. The molecule has 0 spiro atoms. The van der Waals surface area contributed by atoms with E-state index in [1.54, 1.807) is 6.92 Å². The Labute approximate surface area is 237 Å². The van der Waals surface area contributed by atoms with Crippen molar-refractivity contribution in [2.24, 2.45) is 10.4 Å². The molecule has 2 aromatic carbocycles. The van der Waals surface area contributed by atoms with Crippen LogP contribution in [0.15, 0.2) is 65.2 Å². The van der Waals surface area contributed by atoms with E-state index in [4.69, 9.17) is 4.74 Å². The molecule has 1 unspecified atom stereocenters. The lowest BCUT2D eigenvalue weighted by Crippen LogP contribution is -2.29. The number of nitrogens with zero attached hydrogens (tertiary/aromatic N) is 2. The third-order valence-electron chi connectivity index (χ3n) is 8.05. The lowest BCUT2D eigenvalue weighted by atomic mass is 9.76. The van der Waals surface area contributed by atoms with Crippen LogP contribution in [0.3, 0.4) is 0 Å². The summed E-state index contributed by atoms with van der Waals surface area (Å²) in [6.07, 6.45) is 18.2. The highest BCUT2D eigenvalue weighted by Crippen LogP contribution is 2.34. The summed E-state index contributed by atoms with van der Waals surface area (Å²) in [6, 6.07) is 16.6. The van der Waals surface area contributed by atoms with Gasteiger partial charge >= 0.3 is 0 Å². The summed E-state index contributed by atoms with van der Waals surface area (Å²) in [5, 5.41) is 0. The van der Waals surface area contributed by atoms with Gasteiger partial charge in [0.25, 0.3) is 0 Å². The quantitative estimate of drug-likeness (QED) is 0.191. The zero-order valence-electron chi connectivity index (χ0n) is 24.9. The average Bonchev–Trinajstić information content (AvgIpc) is 2.93. The summed E-state index contributed by atoms with van der Waals surface area (Å²) in [7, 11) is 0. The normalized spacial score (nSPS) is 16.7. The second kappa shape index (κ2) is 16.3. The number of allylic oxidation sites excluding steroid dienone is 1. The van der Waals surface area contributed by atoms with E-state index in [0.29, 0.717) is 6.54 Å². The van der Waals surface area contributed by atoms with E-state index in [1.807, 2.05) is 29.3 Å². The summed E-state index contributed by atoms with van der Waals surface area (Å²) in [5.74, 6) is 0.941. The van der Waals surface area contributed by atoms with Crippen molar-refractivity contribution in [3.8, 4) is 5.75 Å². The second-order valence-corrected chi connectivity index (χ2v) is 11.5. The van der Waals surface area contributed by atoms with E-state index in [2.05, 4.69) is 62.2 Å². The van der Waals surface area contributed by atoms with Crippen LogP contribution >= 0.6 is 0 Å². The lowest BCUT2D eigenvalue weighted by molar-refractivity contribution is -0.116. The van der Waals surface area contributed by atoms with E-state index in [9.17, 15) is 4.79 Å². The zero-order valence-corrected chi connectivity index (χ0v) is 24.9. The second-order valence-electron chi connectivity index (χ2n) is 11.5. The summed E-state index contributed by atoms with van der Waals surface area (Å²) < 4.78 is 5.98. The van der Waals surface area contributed by atoms with Gasteiger partial charge in [-0.15, -0.1) is 0 Å². The number of hydrogen-bond donors (Lipinski definition) is 0. The minimum absolute atomic E-state index is 0.0120. The number of carbonyl (C=O) groups excluding carboxylic acids is 1. The first-order valence-corrected chi connectivity index (χ1v) is 15.2. The highest BCUT2D eigenvalue weighted by atomic mass is 16.5. The number of dihydropyridines is 1. The Balaban J connectivity index is 1.45. The molecule has 3 rings (SSSR count). The molecule has 0 bridgehead atoms. The van der Waals surface area contributed by atoms with Crippen molar-refractivity contribution in [3.63, 3.8) is 0 Å². The first kappa shape index (κ1) is 30.7. The number of unbranched alkanes of at least 4 members (excludes halogenated alkanes) is 9. The third kappa shape index (κ3) is 10.3. The van der Waals surface area contributed by atoms with Crippen molar-refractivity contribution in [2.45, 2.75) is 105 Å². The van der Waals surface area contributed by atoms with E-state index >= 15 is 0 Å². The number of hydrogen-bond acceptors (Lipinski definition) is 3. The molecule has 0 saturated heterocycles. The Kier molecular flexibility index (Phi) is 12.8. The SMILES string of the molecule is CCCCCCCCCCCCOc1ccc(CN(C(C)=O)c2cccc(CC3(C)CN=CC=C3C)c2)cc1. The molecule has 4 heteroatoms. The molecule has 1 aliphatic heterocycles. The molecule has 0 radical (unpaired) electrons. The highest BCUT2D eigenvalue weighted by Gasteiger charge is 2.28. The van der Waals surface area contributed by atoms with E-state index < -0.39 is 0 Å². The van der Waals surface area contributed by atoms with Crippen LogP contribution in [0.4, 0.5) is 5.69 Å². The molecule has 0 fully saturated rings. The fourth-order valence-corrected chi connectivity index (χ4v) is 5.26. The lowest BCUT2D eigenvalue weighted by Gasteiger charge is -2.31. The number of ether oxygens (including phenoxy) is 1. The van der Waals surface area contributed by atoms with Crippen LogP contribution in [0, 0.1) is 5.41 Å². The molecule has 39 heavy (non-hydrogen) atoms. The first-order chi connectivity index (χ1) is 18.9. The van der Waals surface area contributed by atoms with Crippen LogP contribution < -0.4 is 9.64 Å². The summed E-state index contributed by atoms with van der Waals surface area (Å²) in [5.41, 5.74) is 4.61. The maximum atomic E-state index is 12.6. The maximum absolute atomic E-state index is 12.6. The molecule has 1 atom stereocenters. The number of benzene rings is 2. The molecular formula is C35H50N2O2. The molecular weight excluding hydrogens is 480 g/mol. The highest BCUT2D eigenvalue weighted by molar-refractivity contribution is 5.91. The van der Waals surface area contributed by atoms with Crippen LogP contribution in [0.1, 0.15) is 103 Å². The van der Waals surface area contributed by atoms with Crippen molar-refractivity contribution in [3.05, 3.63) is 71.3 Å². The zero-order chi connectivity index (χ0) is 27.9. The van der Waals surface area contributed by atoms with E-state index in [0.717, 1.165) is 43.0 Å². The molecule has 0 aliphatic carbocycles. The molecule has 0 aromatic heterocycles. The van der Waals surface area contributed by atoms with E-state index in [-0.39, 0.29) is 11.3 Å². The smallest absolute Gasteiger partial charge is 0.224 e. The molecule has 1 heterocycles. The Bertz CT molecular complexity index is 1070. The Morgan fingerprint density at radius 2 is 1.59 bits per heavy atom. The van der Waals surface area contributed by atoms with Crippen LogP contribution in [-0.4, -0.2) is 25.3 Å². The molecule has 1 aliphatic rings. The predicted molar refractivity (Wildman–Crippen MR) is 166 cm³/mol. The van der Waals surface area contributed by atoms with Crippen LogP contribution in [0.25, 0.3) is 0 Å². The van der Waals surface area contributed by atoms with Crippen molar-refractivity contribution >= 4 is 17.8 Å². The van der Waals surface area contributed by atoms with Gasteiger partial charge in [-0.05, 0) is 61.2 Å². The minimum atomic E-state index is 0.0120. The van der Waals surface area contributed by atoms with Crippen LogP contribution in [-0.2, 0) is 17.8 Å². The van der Waals surface area contributed by atoms with Gasteiger partial charge < -0.3 is 9.64 Å². The molecule has 0 N–H and O–H groups in total. The predicted octanol–water partition coefficient (Wildman–Crippen LogP) is 9.12. The minimum Gasteiger partial charge on any atom is -0.494 e. The fraction of sp³-hybridized carbons (Fsp3) is 0.543. The molecule has 4 nitrogen and oxygen atoms in total. The van der Waals surface area contributed by atoms with Crippen molar-refractivity contribution < 1.29 is 9.53 Å². The third-order valence-corrected chi connectivity index (χ3v) is 8.05. The molecule has 2 aromatic rings. The number of carbonyl (C=O) groups is 1. The van der Waals surface area contributed by atoms with Gasteiger partial charge in [0.1, 0.15) is 5.75 Å². The number of anilines is 1. The van der Waals surface area contributed by atoms with E-state index in [1.165, 1.54) is 68.9 Å². The Morgan fingerprint density at radius 3 is 2.23 bits per heavy atom. The Hall–Kier alpha value is -2.88. The summed E-state index contributed by atoms with van der Waals surface area (Å²) in [6.45, 7) is 10.5. The van der Waals surface area contributed by atoms with Gasteiger partial charge in [-0.2, -0.15) is 0 Å².